The second-order valence-electron chi connectivity index (χ2n) is 6.52. The third-order valence-corrected chi connectivity index (χ3v) is 5.18. The van der Waals surface area contributed by atoms with E-state index in [1.165, 1.54) is 7.11 Å². The van der Waals surface area contributed by atoms with Crippen LogP contribution in [0.25, 0.3) is 0 Å². The van der Waals surface area contributed by atoms with E-state index in [0.717, 1.165) is 5.56 Å². The highest BCUT2D eigenvalue weighted by Crippen LogP contribution is 2.25. The van der Waals surface area contributed by atoms with Crippen molar-refractivity contribution >= 4 is 23.5 Å². The number of hydrogen-bond donors (Lipinski definition) is 0. The summed E-state index contributed by atoms with van der Waals surface area (Å²) >= 11 is 5.96. The Hall–Kier alpha value is -2.38. The largest absolute Gasteiger partial charge is 0.468 e. The van der Waals surface area contributed by atoms with Crippen LogP contribution in [0.4, 0.5) is 0 Å². The molecule has 1 aromatic carbocycles. The van der Waals surface area contributed by atoms with Gasteiger partial charge >= 0.3 is 5.97 Å². The molecule has 0 spiro atoms. The summed E-state index contributed by atoms with van der Waals surface area (Å²) in [6, 6.07) is 6.39. The Morgan fingerprint density at radius 2 is 1.81 bits per heavy atom. The molecule has 0 radical (unpaired) electrons. The van der Waals surface area contributed by atoms with Gasteiger partial charge in [-0.2, -0.15) is 0 Å². The molecule has 2 atom stereocenters. The lowest BCUT2D eigenvalue weighted by Crippen LogP contribution is -2.52. The van der Waals surface area contributed by atoms with Gasteiger partial charge in [0.05, 0.1) is 13.4 Å². The molecule has 1 aromatic heterocycles. The Kier molecular flexibility index (Phi) is 6.13. The number of nitrogens with zero attached hydrogens (tertiary/aromatic N) is 4. The Labute approximate surface area is 163 Å². The molecule has 8 heteroatoms. The molecule has 1 amide bonds. The van der Waals surface area contributed by atoms with Crippen LogP contribution in [0.2, 0.25) is 5.02 Å². The number of hydrogen-bond acceptors (Lipinski definition) is 5. The van der Waals surface area contributed by atoms with E-state index in [0.29, 0.717) is 31.2 Å². The number of rotatable bonds is 5. The fraction of sp³-hybridized carbons (Fsp3) is 0.421. The predicted molar refractivity (Wildman–Crippen MR) is 101 cm³/mol. The molecule has 0 N–H and O–H groups in total. The summed E-state index contributed by atoms with van der Waals surface area (Å²) in [4.78, 5) is 33.0. The number of methoxy groups -OCH3 is 1. The maximum Gasteiger partial charge on any atom is 0.327 e. The van der Waals surface area contributed by atoms with E-state index in [1.807, 2.05) is 28.9 Å². The third-order valence-electron chi connectivity index (χ3n) is 4.93. The normalized spacial score (nSPS) is 17.4. The van der Waals surface area contributed by atoms with E-state index < -0.39 is 6.04 Å². The van der Waals surface area contributed by atoms with Gasteiger partial charge in [0.25, 0.3) is 0 Å². The Bertz CT molecular complexity index is 771. The molecule has 7 nitrogen and oxygen atoms in total. The molecule has 2 aromatic rings. The van der Waals surface area contributed by atoms with Crippen LogP contribution in [0, 0.1) is 0 Å². The number of benzene rings is 1. The fourth-order valence-corrected chi connectivity index (χ4v) is 3.47. The van der Waals surface area contributed by atoms with Crippen molar-refractivity contribution in [2.24, 2.45) is 0 Å². The van der Waals surface area contributed by atoms with Gasteiger partial charge in [-0.15, -0.1) is 0 Å². The molecular weight excluding hydrogens is 368 g/mol. The van der Waals surface area contributed by atoms with Gasteiger partial charge in [0.1, 0.15) is 12.1 Å². The number of ether oxygens (including phenoxy) is 1. The zero-order valence-corrected chi connectivity index (χ0v) is 16.2. The summed E-state index contributed by atoms with van der Waals surface area (Å²) in [6.07, 6.45) is 5.09. The molecule has 2 heterocycles. The molecule has 3 rings (SSSR count). The highest BCUT2D eigenvalue weighted by molar-refractivity contribution is 6.30. The molecule has 1 fully saturated rings. The maximum absolute atomic E-state index is 12.7. The predicted octanol–water partition coefficient (Wildman–Crippen LogP) is 2.16. The van der Waals surface area contributed by atoms with E-state index >= 15 is 0 Å². The van der Waals surface area contributed by atoms with Crippen molar-refractivity contribution in [1.29, 1.82) is 0 Å². The molecule has 0 bridgehead atoms. The first kappa shape index (κ1) is 19.4. The molecule has 1 aliphatic rings. The highest BCUT2D eigenvalue weighted by Gasteiger charge is 2.33. The van der Waals surface area contributed by atoms with Crippen LogP contribution in [0.3, 0.4) is 0 Å². The first-order valence-corrected chi connectivity index (χ1v) is 9.22. The maximum atomic E-state index is 12.7. The minimum atomic E-state index is -0.504. The second-order valence-corrected chi connectivity index (χ2v) is 6.96. The van der Waals surface area contributed by atoms with Gasteiger partial charge in [0.15, 0.2) is 0 Å². The van der Waals surface area contributed by atoms with E-state index in [2.05, 4.69) is 4.98 Å². The van der Waals surface area contributed by atoms with Gasteiger partial charge in [-0.25, -0.2) is 9.78 Å². The van der Waals surface area contributed by atoms with Gasteiger partial charge in [-0.05, 0) is 24.6 Å². The van der Waals surface area contributed by atoms with E-state index in [-0.39, 0.29) is 17.9 Å². The smallest absolute Gasteiger partial charge is 0.327 e. The number of carbonyl (C=O) groups excluding carboxylic acids is 2. The van der Waals surface area contributed by atoms with Crippen molar-refractivity contribution in [2.45, 2.75) is 19.0 Å². The molecule has 144 valence electrons. The first-order chi connectivity index (χ1) is 13.0. The minimum absolute atomic E-state index is 0.0498. The van der Waals surface area contributed by atoms with Crippen LogP contribution in [0.15, 0.2) is 43.0 Å². The van der Waals surface area contributed by atoms with E-state index in [4.69, 9.17) is 16.3 Å². The van der Waals surface area contributed by atoms with Crippen molar-refractivity contribution in [3.05, 3.63) is 53.6 Å². The SMILES string of the molecule is COC(=O)C(c1ccc(Cl)cc1)N1CCN(C(=O)C(C)n2ccnc2)CC1. The van der Waals surface area contributed by atoms with Gasteiger partial charge in [-0.3, -0.25) is 9.69 Å². The average Bonchev–Trinajstić information content (AvgIpc) is 3.23. The van der Waals surface area contributed by atoms with Crippen LogP contribution >= 0.6 is 11.6 Å². The summed E-state index contributed by atoms with van der Waals surface area (Å²) < 4.78 is 6.80. The lowest BCUT2D eigenvalue weighted by molar-refractivity contribution is -0.149. The summed E-state index contributed by atoms with van der Waals surface area (Å²) in [6.45, 7) is 4.15. The number of piperazine rings is 1. The van der Waals surface area contributed by atoms with Gasteiger partial charge in [-0.1, -0.05) is 23.7 Å². The number of esters is 1. The van der Waals surface area contributed by atoms with Crippen LogP contribution < -0.4 is 0 Å². The van der Waals surface area contributed by atoms with Gasteiger partial charge in [0.2, 0.25) is 5.91 Å². The molecule has 1 saturated heterocycles. The van der Waals surface area contributed by atoms with Crippen molar-refractivity contribution in [3.8, 4) is 0 Å². The average molecular weight is 391 g/mol. The van der Waals surface area contributed by atoms with Crippen LogP contribution in [-0.2, 0) is 14.3 Å². The topological polar surface area (TPSA) is 67.7 Å². The van der Waals surface area contributed by atoms with Crippen LogP contribution in [-0.4, -0.2) is 64.5 Å². The molecular formula is C19H23ClN4O3. The lowest BCUT2D eigenvalue weighted by atomic mass is 10.0. The zero-order chi connectivity index (χ0) is 19.4. The minimum Gasteiger partial charge on any atom is -0.468 e. The second kappa shape index (κ2) is 8.54. The summed E-state index contributed by atoms with van der Waals surface area (Å²) in [5, 5.41) is 0.617. The van der Waals surface area contributed by atoms with E-state index in [1.54, 1.807) is 35.4 Å². The van der Waals surface area contributed by atoms with Crippen LogP contribution in [0.1, 0.15) is 24.6 Å². The Morgan fingerprint density at radius 1 is 1.15 bits per heavy atom. The first-order valence-electron chi connectivity index (χ1n) is 8.85. The highest BCUT2D eigenvalue weighted by atomic mass is 35.5. The zero-order valence-electron chi connectivity index (χ0n) is 15.4. The van der Waals surface area contributed by atoms with Crippen molar-refractivity contribution in [1.82, 2.24) is 19.4 Å². The van der Waals surface area contributed by atoms with Crippen molar-refractivity contribution < 1.29 is 14.3 Å². The lowest BCUT2D eigenvalue weighted by Gasteiger charge is -2.39. The Morgan fingerprint density at radius 3 is 2.37 bits per heavy atom. The fourth-order valence-electron chi connectivity index (χ4n) is 3.34. The number of amides is 1. The number of carbonyl (C=O) groups is 2. The van der Waals surface area contributed by atoms with E-state index in [9.17, 15) is 9.59 Å². The number of imidazole rings is 1. The molecule has 0 aliphatic carbocycles. The molecule has 2 unspecified atom stereocenters. The molecule has 27 heavy (non-hydrogen) atoms. The molecule has 1 aliphatic heterocycles. The van der Waals surface area contributed by atoms with Gasteiger partial charge in [0, 0.05) is 43.6 Å². The monoisotopic (exact) mass is 390 g/mol. The molecule has 0 saturated carbocycles. The quantitative estimate of drug-likeness (QED) is 0.732. The Balaban J connectivity index is 1.67. The number of halogens is 1. The number of aromatic nitrogens is 2. The third kappa shape index (κ3) is 4.31. The summed E-state index contributed by atoms with van der Waals surface area (Å²) in [5.41, 5.74) is 0.831. The summed E-state index contributed by atoms with van der Waals surface area (Å²) in [7, 11) is 1.39. The van der Waals surface area contributed by atoms with Crippen molar-refractivity contribution in [3.63, 3.8) is 0 Å². The van der Waals surface area contributed by atoms with Crippen LogP contribution in [0.5, 0.6) is 0 Å². The van der Waals surface area contributed by atoms with Gasteiger partial charge < -0.3 is 14.2 Å². The van der Waals surface area contributed by atoms with Crippen molar-refractivity contribution in [2.75, 3.05) is 33.3 Å². The standard InChI is InChI=1S/C19H23ClN4O3/c1-14(24-8-7-21-13-24)18(25)23-11-9-22(10-12-23)17(19(26)27-2)15-3-5-16(20)6-4-15/h3-8,13-14,17H,9-12H2,1-2H3. The summed E-state index contributed by atoms with van der Waals surface area (Å²) in [5.74, 6) is -0.266.